The third-order valence-electron chi connectivity index (χ3n) is 2.91. The number of pyridine rings is 1. The molecular weight excluding hydrogens is 437 g/mol. The SMILES string of the molecule is CN=C(NCc1ccc(OC(C)C)nc1)NCc1ncc(C)s1.I. The molecule has 2 heterocycles. The molecule has 24 heavy (non-hydrogen) atoms. The molecule has 0 aliphatic heterocycles. The van der Waals surface area contributed by atoms with Crippen LogP contribution in [0.1, 0.15) is 29.3 Å². The number of aliphatic imine (C=N–C) groups is 1. The van der Waals surface area contributed by atoms with Gasteiger partial charge < -0.3 is 15.4 Å². The predicted octanol–water partition coefficient (Wildman–Crippen LogP) is 3.12. The molecule has 0 radical (unpaired) electrons. The minimum absolute atomic E-state index is 0. The van der Waals surface area contributed by atoms with Crippen LogP contribution >= 0.6 is 35.3 Å². The first kappa shape index (κ1) is 20.6. The number of aryl methyl sites for hydroxylation is 1. The van der Waals surface area contributed by atoms with Gasteiger partial charge in [-0.2, -0.15) is 0 Å². The van der Waals surface area contributed by atoms with Crippen LogP contribution in [0, 0.1) is 6.92 Å². The molecule has 0 aromatic carbocycles. The number of nitrogens with zero attached hydrogens (tertiary/aromatic N) is 3. The van der Waals surface area contributed by atoms with Gasteiger partial charge in [-0.15, -0.1) is 35.3 Å². The van der Waals surface area contributed by atoms with Gasteiger partial charge in [0, 0.05) is 36.9 Å². The van der Waals surface area contributed by atoms with E-state index in [-0.39, 0.29) is 30.1 Å². The molecule has 132 valence electrons. The Kier molecular flexibility index (Phi) is 8.98. The number of guanidine groups is 1. The smallest absolute Gasteiger partial charge is 0.213 e. The Hall–Kier alpha value is -1.42. The van der Waals surface area contributed by atoms with E-state index in [9.17, 15) is 0 Å². The van der Waals surface area contributed by atoms with Crippen LogP contribution in [0.3, 0.4) is 0 Å². The fraction of sp³-hybridized carbons (Fsp3) is 0.438. The summed E-state index contributed by atoms with van der Waals surface area (Å²) in [6, 6.07) is 3.88. The van der Waals surface area contributed by atoms with Gasteiger partial charge in [0.25, 0.3) is 0 Å². The van der Waals surface area contributed by atoms with Crippen LogP contribution in [-0.4, -0.2) is 29.1 Å². The quantitative estimate of drug-likeness (QED) is 0.393. The van der Waals surface area contributed by atoms with Crippen molar-refractivity contribution in [1.29, 1.82) is 0 Å². The number of aromatic nitrogens is 2. The Morgan fingerprint density at radius 3 is 2.50 bits per heavy atom. The molecule has 0 spiro atoms. The van der Waals surface area contributed by atoms with E-state index in [0.29, 0.717) is 19.0 Å². The highest BCUT2D eigenvalue weighted by Gasteiger charge is 2.03. The van der Waals surface area contributed by atoms with Crippen molar-refractivity contribution < 1.29 is 4.74 Å². The monoisotopic (exact) mass is 461 g/mol. The number of ether oxygens (including phenoxy) is 1. The maximum absolute atomic E-state index is 5.53. The molecule has 0 saturated heterocycles. The summed E-state index contributed by atoms with van der Waals surface area (Å²) in [6.45, 7) is 7.32. The largest absolute Gasteiger partial charge is 0.475 e. The Labute approximate surface area is 164 Å². The van der Waals surface area contributed by atoms with Crippen LogP contribution in [0.25, 0.3) is 0 Å². The van der Waals surface area contributed by atoms with Crippen LogP contribution in [0.15, 0.2) is 29.5 Å². The van der Waals surface area contributed by atoms with E-state index in [0.717, 1.165) is 16.5 Å². The maximum Gasteiger partial charge on any atom is 0.213 e. The predicted molar refractivity (Wildman–Crippen MR) is 109 cm³/mol. The van der Waals surface area contributed by atoms with Crippen molar-refractivity contribution in [1.82, 2.24) is 20.6 Å². The van der Waals surface area contributed by atoms with Gasteiger partial charge in [-0.1, -0.05) is 6.07 Å². The van der Waals surface area contributed by atoms with E-state index >= 15 is 0 Å². The topological polar surface area (TPSA) is 71.4 Å². The molecule has 0 fully saturated rings. The van der Waals surface area contributed by atoms with Gasteiger partial charge in [0.2, 0.25) is 5.88 Å². The van der Waals surface area contributed by atoms with Gasteiger partial charge >= 0.3 is 0 Å². The summed E-state index contributed by atoms with van der Waals surface area (Å²) in [5, 5.41) is 7.55. The van der Waals surface area contributed by atoms with Crippen LogP contribution in [0.2, 0.25) is 0 Å². The molecular formula is C16H24IN5OS. The Bertz CT molecular complexity index is 642. The Morgan fingerprint density at radius 1 is 1.21 bits per heavy atom. The van der Waals surface area contributed by atoms with E-state index < -0.39 is 0 Å². The fourth-order valence-electron chi connectivity index (χ4n) is 1.88. The first-order valence-electron chi connectivity index (χ1n) is 7.54. The van der Waals surface area contributed by atoms with E-state index in [1.165, 1.54) is 4.88 Å². The second kappa shape index (κ2) is 10.4. The summed E-state index contributed by atoms with van der Waals surface area (Å²) in [5.41, 5.74) is 1.06. The summed E-state index contributed by atoms with van der Waals surface area (Å²) in [4.78, 5) is 14.0. The lowest BCUT2D eigenvalue weighted by molar-refractivity contribution is 0.232. The lowest BCUT2D eigenvalue weighted by Gasteiger charge is -2.12. The zero-order valence-corrected chi connectivity index (χ0v) is 17.5. The third-order valence-corrected chi connectivity index (χ3v) is 3.83. The van der Waals surface area contributed by atoms with Crippen molar-refractivity contribution in [2.45, 2.75) is 40.0 Å². The van der Waals surface area contributed by atoms with Crippen LogP contribution in [0.4, 0.5) is 0 Å². The summed E-state index contributed by atoms with van der Waals surface area (Å²) in [7, 11) is 1.75. The van der Waals surface area contributed by atoms with Crippen LogP contribution in [-0.2, 0) is 13.1 Å². The molecule has 0 amide bonds. The molecule has 0 atom stereocenters. The highest BCUT2D eigenvalue weighted by molar-refractivity contribution is 14.0. The van der Waals surface area contributed by atoms with E-state index in [1.807, 2.05) is 45.3 Å². The second-order valence-electron chi connectivity index (χ2n) is 5.32. The van der Waals surface area contributed by atoms with Gasteiger partial charge in [0.1, 0.15) is 5.01 Å². The zero-order chi connectivity index (χ0) is 16.7. The molecule has 8 heteroatoms. The molecule has 0 aliphatic carbocycles. The average Bonchev–Trinajstić information content (AvgIpc) is 2.94. The minimum Gasteiger partial charge on any atom is -0.475 e. The first-order valence-corrected chi connectivity index (χ1v) is 8.36. The third kappa shape index (κ3) is 7.00. The standard InChI is InChI=1S/C16H23N5OS.HI/c1-11(2)22-14-6-5-13(8-18-14)9-20-16(17-4)21-10-15-19-7-12(3)23-15;/h5-8,11H,9-10H2,1-4H3,(H2,17,20,21);1H. The molecule has 2 N–H and O–H groups in total. The van der Waals surface area contributed by atoms with E-state index in [4.69, 9.17) is 4.74 Å². The van der Waals surface area contributed by atoms with E-state index in [2.05, 4.69) is 25.6 Å². The van der Waals surface area contributed by atoms with Gasteiger partial charge in [-0.05, 0) is 26.3 Å². The Balaban J connectivity index is 0.00000288. The number of halogens is 1. The normalized spacial score (nSPS) is 11.1. The average molecular weight is 461 g/mol. The van der Waals surface area contributed by atoms with Crippen molar-refractivity contribution in [2.24, 2.45) is 4.99 Å². The maximum atomic E-state index is 5.53. The van der Waals surface area contributed by atoms with Crippen molar-refractivity contribution in [2.75, 3.05) is 7.05 Å². The molecule has 2 aromatic rings. The van der Waals surface area contributed by atoms with Crippen LogP contribution in [0.5, 0.6) is 5.88 Å². The van der Waals surface area contributed by atoms with Gasteiger partial charge in [-0.3, -0.25) is 4.99 Å². The summed E-state index contributed by atoms with van der Waals surface area (Å²) in [5.74, 6) is 1.38. The minimum atomic E-state index is 0. The summed E-state index contributed by atoms with van der Waals surface area (Å²) < 4.78 is 5.53. The van der Waals surface area contributed by atoms with E-state index in [1.54, 1.807) is 18.4 Å². The first-order chi connectivity index (χ1) is 11.1. The molecule has 2 rings (SSSR count). The number of hydrogen-bond acceptors (Lipinski definition) is 5. The lowest BCUT2D eigenvalue weighted by Crippen LogP contribution is -2.36. The fourth-order valence-corrected chi connectivity index (χ4v) is 2.60. The molecule has 0 unspecified atom stereocenters. The molecule has 6 nitrogen and oxygen atoms in total. The zero-order valence-electron chi connectivity index (χ0n) is 14.4. The number of hydrogen-bond donors (Lipinski definition) is 2. The van der Waals surface area contributed by atoms with Crippen molar-refractivity contribution >= 4 is 41.3 Å². The second-order valence-corrected chi connectivity index (χ2v) is 6.63. The van der Waals surface area contributed by atoms with Crippen LogP contribution < -0.4 is 15.4 Å². The number of nitrogens with one attached hydrogen (secondary N) is 2. The van der Waals surface area contributed by atoms with Crippen molar-refractivity contribution in [3.63, 3.8) is 0 Å². The lowest BCUT2D eigenvalue weighted by atomic mass is 10.3. The molecule has 2 aromatic heterocycles. The molecule has 0 saturated carbocycles. The molecule has 0 bridgehead atoms. The summed E-state index contributed by atoms with van der Waals surface area (Å²) in [6.07, 6.45) is 3.82. The number of thiazole rings is 1. The highest BCUT2D eigenvalue weighted by Crippen LogP contribution is 2.11. The number of rotatable bonds is 6. The van der Waals surface area contributed by atoms with Gasteiger partial charge in [0.05, 0.1) is 12.6 Å². The molecule has 0 aliphatic rings. The van der Waals surface area contributed by atoms with Gasteiger partial charge in [-0.25, -0.2) is 9.97 Å². The van der Waals surface area contributed by atoms with Crippen molar-refractivity contribution in [3.05, 3.63) is 40.0 Å². The Morgan fingerprint density at radius 2 is 1.96 bits per heavy atom. The van der Waals surface area contributed by atoms with Crippen molar-refractivity contribution in [3.8, 4) is 5.88 Å². The summed E-state index contributed by atoms with van der Waals surface area (Å²) >= 11 is 1.68. The van der Waals surface area contributed by atoms with Gasteiger partial charge in [0.15, 0.2) is 5.96 Å². The highest BCUT2D eigenvalue weighted by atomic mass is 127.